The minimum atomic E-state index is -0.895. The zero-order chi connectivity index (χ0) is 21.3. The highest BCUT2D eigenvalue weighted by Gasteiger charge is 2.19. The Bertz CT molecular complexity index is 1160. The Morgan fingerprint density at radius 2 is 1.79 bits per heavy atom. The molecule has 0 fully saturated rings. The van der Waals surface area contributed by atoms with E-state index < -0.39 is 34.6 Å². The lowest BCUT2D eigenvalue weighted by Crippen LogP contribution is -2.24. The Hall–Kier alpha value is -3.07. The average Bonchev–Trinajstić information content (AvgIpc) is 2.66. The van der Waals surface area contributed by atoms with Crippen LogP contribution >= 0.6 is 15.9 Å². The number of nitrogens with two attached hydrogens (primary N) is 1. The monoisotopic (exact) mass is 466 g/mol. The summed E-state index contributed by atoms with van der Waals surface area (Å²) in [4.78, 5) is 24.2. The standard InChI is InChI=1S/C20H14BrF3N2O3/c1-10-7-16(29-9-11-5-6-12(22)8-13(11)19(25)27)17(21)20(28)26(10)18-14(23)3-2-4-15(18)24/h2-8H,9H2,1H3,(H2,25,27). The molecular formula is C20H14BrF3N2O3. The van der Waals surface area contributed by atoms with Crippen LogP contribution in [-0.2, 0) is 6.61 Å². The fraction of sp³-hybridized carbons (Fsp3) is 0.100. The molecule has 3 aromatic rings. The van der Waals surface area contributed by atoms with Crippen molar-refractivity contribution < 1.29 is 22.7 Å². The van der Waals surface area contributed by atoms with Gasteiger partial charge in [0.15, 0.2) is 0 Å². The fourth-order valence-electron chi connectivity index (χ4n) is 2.83. The molecule has 1 aromatic heterocycles. The summed E-state index contributed by atoms with van der Waals surface area (Å²) < 4.78 is 48.0. The molecule has 29 heavy (non-hydrogen) atoms. The number of halogens is 4. The number of rotatable bonds is 5. The number of pyridine rings is 1. The molecule has 0 radical (unpaired) electrons. The van der Waals surface area contributed by atoms with Crippen molar-refractivity contribution in [2.24, 2.45) is 5.73 Å². The van der Waals surface area contributed by atoms with Gasteiger partial charge in [0.2, 0.25) is 5.91 Å². The van der Waals surface area contributed by atoms with Crippen molar-refractivity contribution in [1.82, 2.24) is 4.57 Å². The number of carbonyl (C=O) groups is 1. The zero-order valence-electron chi connectivity index (χ0n) is 15.0. The molecule has 2 aromatic carbocycles. The second-order valence-electron chi connectivity index (χ2n) is 6.13. The molecule has 0 aliphatic heterocycles. The summed E-state index contributed by atoms with van der Waals surface area (Å²) in [5.41, 5.74) is 4.48. The lowest BCUT2D eigenvalue weighted by molar-refractivity contribution is 0.0997. The molecule has 0 aliphatic rings. The number of amides is 1. The largest absolute Gasteiger partial charge is 0.487 e. The Labute approximate surface area is 171 Å². The number of para-hydroxylation sites is 1. The van der Waals surface area contributed by atoms with Crippen molar-refractivity contribution in [2.45, 2.75) is 13.5 Å². The van der Waals surface area contributed by atoms with E-state index >= 15 is 0 Å². The summed E-state index contributed by atoms with van der Waals surface area (Å²) in [6, 6.07) is 8.16. The van der Waals surface area contributed by atoms with Crippen molar-refractivity contribution in [3.05, 3.63) is 91.6 Å². The number of primary amides is 1. The lowest BCUT2D eigenvalue weighted by Gasteiger charge is -2.16. The lowest BCUT2D eigenvalue weighted by atomic mass is 10.1. The maximum atomic E-state index is 14.1. The van der Waals surface area contributed by atoms with E-state index in [9.17, 15) is 22.8 Å². The van der Waals surface area contributed by atoms with Gasteiger partial charge in [0.25, 0.3) is 5.56 Å². The molecule has 0 atom stereocenters. The molecule has 150 valence electrons. The zero-order valence-corrected chi connectivity index (χ0v) is 16.6. The van der Waals surface area contributed by atoms with E-state index in [4.69, 9.17) is 10.5 Å². The van der Waals surface area contributed by atoms with Crippen LogP contribution in [0.25, 0.3) is 5.69 Å². The number of ether oxygens (including phenoxy) is 1. The van der Waals surface area contributed by atoms with Gasteiger partial charge in [0.05, 0.1) is 0 Å². The van der Waals surface area contributed by atoms with Gasteiger partial charge in [-0.3, -0.25) is 14.2 Å². The molecule has 1 amide bonds. The Morgan fingerprint density at radius 1 is 1.14 bits per heavy atom. The summed E-state index contributed by atoms with van der Waals surface area (Å²) >= 11 is 3.09. The summed E-state index contributed by atoms with van der Waals surface area (Å²) in [6.45, 7) is 1.30. The maximum Gasteiger partial charge on any atom is 0.273 e. The van der Waals surface area contributed by atoms with Crippen LogP contribution in [-0.4, -0.2) is 10.5 Å². The average molecular weight is 467 g/mol. The van der Waals surface area contributed by atoms with Gasteiger partial charge in [0, 0.05) is 22.9 Å². The summed E-state index contributed by atoms with van der Waals surface area (Å²) in [5.74, 6) is -3.17. The molecule has 5 nitrogen and oxygen atoms in total. The number of hydrogen-bond acceptors (Lipinski definition) is 3. The fourth-order valence-corrected chi connectivity index (χ4v) is 3.23. The number of benzene rings is 2. The van der Waals surface area contributed by atoms with Crippen LogP contribution in [0, 0.1) is 24.4 Å². The molecule has 9 heteroatoms. The second kappa shape index (κ2) is 8.12. The van der Waals surface area contributed by atoms with Gasteiger partial charge < -0.3 is 10.5 Å². The van der Waals surface area contributed by atoms with Crippen LogP contribution in [0.1, 0.15) is 21.6 Å². The smallest absolute Gasteiger partial charge is 0.273 e. The number of aromatic nitrogens is 1. The highest BCUT2D eigenvalue weighted by atomic mass is 79.9. The van der Waals surface area contributed by atoms with Crippen molar-refractivity contribution in [3.63, 3.8) is 0 Å². The van der Waals surface area contributed by atoms with E-state index in [-0.39, 0.29) is 28.1 Å². The second-order valence-corrected chi connectivity index (χ2v) is 6.92. The first-order valence-electron chi connectivity index (χ1n) is 8.28. The topological polar surface area (TPSA) is 74.3 Å². The van der Waals surface area contributed by atoms with Crippen LogP contribution in [0.4, 0.5) is 13.2 Å². The van der Waals surface area contributed by atoms with Gasteiger partial charge in [0.1, 0.15) is 40.0 Å². The van der Waals surface area contributed by atoms with Crippen molar-refractivity contribution in [3.8, 4) is 11.4 Å². The highest BCUT2D eigenvalue weighted by molar-refractivity contribution is 9.10. The van der Waals surface area contributed by atoms with Gasteiger partial charge in [-0.25, -0.2) is 13.2 Å². The molecule has 0 bridgehead atoms. The molecule has 3 rings (SSSR count). The predicted octanol–water partition coefficient (Wildman–Crippen LogP) is 4.00. The Balaban J connectivity index is 2.00. The Morgan fingerprint density at radius 3 is 2.41 bits per heavy atom. The normalized spacial score (nSPS) is 10.8. The van der Waals surface area contributed by atoms with E-state index in [1.807, 2.05) is 0 Å². The minimum absolute atomic E-state index is 0.0559. The third kappa shape index (κ3) is 4.04. The molecule has 0 saturated carbocycles. The van der Waals surface area contributed by atoms with Crippen LogP contribution in [0.5, 0.6) is 5.75 Å². The highest BCUT2D eigenvalue weighted by Crippen LogP contribution is 2.27. The van der Waals surface area contributed by atoms with E-state index in [1.54, 1.807) is 0 Å². The number of hydrogen-bond donors (Lipinski definition) is 1. The van der Waals surface area contributed by atoms with Crippen LogP contribution in [0.3, 0.4) is 0 Å². The molecule has 0 saturated heterocycles. The van der Waals surface area contributed by atoms with E-state index in [1.165, 1.54) is 25.1 Å². The van der Waals surface area contributed by atoms with Crippen molar-refractivity contribution in [2.75, 3.05) is 0 Å². The van der Waals surface area contributed by atoms with Gasteiger partial charge in [-0.1, -0.05) is 12.1 Å². The number of aryl methyl sites for hydroxylation is 1. The predicted molar refractivity (Wildman–Crippen MR) is 104 cm³/mol. The minimum Gasteiger partial charge on any atom is -0.487 e. The van der Waals surface area contributed by atoms with Gasteiger partial charge in [-0.2, -0.15) is 0 Å². The van der Waals surface area contributed by atoms with Gasteiger partial charge >= 0.3 is 0 Å². The molecular weight excluding hydrogens is 453 g/mol. The SMILES string of the molecule is Cc1cc(OCc2ccc(F)cc2C(N)=O)c(Br)c(=O)n1-c1c(F)cccc1F. The first-order valence-corrected chi connectivity index (χ1v) is 9.07. The third-order valence-corrected chi connectivity index (χ3v) is 4.91. The van der Waals surface area contributed by atoms with E-state index in [0.717, 1.165) is 28.8 Å². The molecule has 1 heterocycles. The van der Waals surface area contributed by atoms with Crippen LogP contribution < -0.4 is 16.0 Å². The Kier molecular flexibility index (Phi) is 5.78. The van der Waals surface area contributed by atoms with Crippen molar-refractivity contribution >= 4 is 21.8 Å². The maximum absolute atomic E-state index is 14.1. The summed E-state index contributed by atoms with van der Waals surface area (Å²) in [7, 11) is 0. The summed E-state index contributed by atoms with van der Waals surface area (Å²) in [5, 5.41) is 0. The number of nitrogens with zero attached hydrogens (tertiary/aromatic N) is 1. The molecule has 2 N–H and O–H groups in total. The van der Waals surface area contributed by atoms with E-state index in [2.05, 4.69) is 15.9 Å². The summed E-state index contributed by atoms with van der Waals surface area (Å²) in [6.07, 6.45) is 0. The van der Waals surface area contributed by atoms with Gasteiger partial charge in [-0.15, -0.1) is 0 Å². The van der Waals surface area contributed by atoms with Crippen LogP contribution in [0.2, 0.25) is 0 Å². The van der Waals surface area contributed by atoms with E-state index in [0.29, 0.717) is 5.56 Å². The number of carbonyl (C=O) groups excluding carboxylic acids is 1. The first kappa shape index (κ1) is 20.7. The molecule has 0 aliphatic carbocycles. The van der Waals surface area contributed by atoms with Crippen molar-refractivity contribution in [1.29, 1.82) is 0 Å². The first-order chi connectivity index (χ1) is 13.7. The quantitative estimate of drug-likeness (QED) is 0.617. The third-order valence-electron chi connectivity index (χ3n) is 4.18. The van der Waals surface area contributed by atoms with Crippen LogP contribution in [0.15, 0.2) is 51.7 Å². The molecule has 0 spiro atoms. The molecule has 0 unspecified atom stereocenters. The van der Waals surface area contributed by atoms with Gasteiger partial charge in [-0.05, 0) is 47.1 Å².